The van der Waals surface area contributed by atoms with Crippen molar-refractivity contribution in [2.24, 2.45) is 5.92 Å². The van der Waals surface area contributed by atoms with Crippen LogP contribution in [0.1, 0.15) is 32.3 Å². The van der Waals surface area contributed by atoms with Gasteiger partial charge >= 0.3 is 6.03 Å². The highest BCUT2D eigenvalue weighted by atomic mass is 19.1. The fourth-order valence-electron chi connectivity index (χ4n) is 2.95. The molecule has 1 fully saturated rings. The summed E-state index contributed by atoms with van der Waals surface area (Å²) < 4.78 is 13.1. The van der Waals surface area contributed by atoms with E-state index >= 15 is 0 Å². The van der Waals surface area contributed by atoms with Crippen LogP contribution < -0.4 is 5.32 Å². The third kappa shape index (κ3) is 6.48. The number of urea groups is 1. The first-order valence-electron chi connectivity index (χ1n) is 9.04. The van der Waals surface area contributed by atoms with E-state index in [9.17, 15) is 9.18 Å². The number of amides is 2. The second-order valence-corrected chi connectivity index (χ2v) is 6.98. The van der Waals surface area contributed by atoms with E-state index in [1.54, 1.807) is 12.1 Å². The molecule has 0 aromatic heterocycles. The molecule has 0 radical (unpaired) electrons. The highest BCUT2D eigenvalue weighted by Gasteiger charge is 2.20. The number of nitrogens with one attached hydrogen (secondary N) is 1. The van der Waals surface area contributed by atoms with Crippen molar-refractivity contribution in [1.82, 2.24) is 15.1 Å². The van der Waals surface area contributed by atoms with Crippen LogP contribution in [0.2, 0.25) is 0 Å². The monoisotopic (exact) mass is 335 g/mol. The van der Waals surface area contributed by atoms with Crippen LogP contribution >= 0.6 is 0 Å². The van der Waals surface area contributed by atoms with Gasteiger partial charge in [-0.1, -0.05) is 26.0 Å². The predicted octanol–water partition coefficient (Wildman–Crippen LogP) is 3.13. The molecule has 1 aliphatic rings. The van der Waals surface area contributed by atoms with E-state index in [1.807, 2.05) is 11.0 Å². The molecule has 4 nitrogen and oxygen atoms in total. The van der Waals surface area contributed by atoms with Crippen LogP contribution in [0, 0.1) is 11.7 Å². The molecule has 1 aliphatic heterocycles. The SMILES string of the molecule is CC(C)CCNC(=O)N1CCN(CCCc2cccc(F)c2)CC1. The lowest BCUT2D eigenvalue weighted by molar-refractivity contribution is 0.138. The van der Waals surface area contributed by atoms with Crippen molar-refractivity contribution in [3.63, 3.8) is 0 Å². The Morgan fingerprint density at radius 1 is 1.25 bits per heavy atom. The Balaban J connectivity index is 1.61. The topological polar surface area (TPSA) is 35.6 Å². The molecule has 2 amide bonds. The van der Waals surface area contributed by atoms with Crippen LogP contribution in [-0.4, -0.2) is 55.1 Å². The van der Waals surface area contributed by atoms with Crippen LogP contribution in [0.5, 0.6) is 0 Å². The van der Waals surface area contributed by atoms with Gasteiger partial charge in [0.05, 0.1) is 0 Å². The number of aryl methyl sites for hydroxylation is 1. The number of halogens is 1. The number of benzene rings is 1. The highest BCUT2D eigenvalue weighted by Crippen LogP contribution is 2.08. The number of nitrogens with zero attached hydrogens (tertiary/aromatic N) is 2. The third-order valence-corrected chi connectivity index (χ3v) is 4.49. The number of piperazine rings is 1. The molecule has 0 atom stereocenters. The minimum absolute atomic E-state index is 0.0649. The standard InChI is InChI=1S/C19H30FN3O/c1-16(2)8-9-21-19(24)23-13-11-22(12-14-23)10-4-6-17-5-3-7-18(20)15-17/h3,5,7,15-16H,4,6,8-14H2,1-2H3,(H,21,24). The molecule has 1 aromatic carbocycles. The molecule has 1 heterocycles. The lowest BCUT2D eigenvalue weighted by atomic mass is 10.1. The van der Waals surface area contributed by atoms with Crippen molar-refractivity contribution in [1.29, 1.82) is 0 Å². The molecular formula is C19H30FN3O. The van der Waals surface area contributed by atoms with Crippen LogP contribution in [0.3, 0.4) is 0 Å². The van der Waals surface area contributed by atoms with Crippen molar-refractivity contribution >= 4 is 6.03 Å². The quantitative estimate of drug-likeness (QED) is 0.831. The molecule has 0 bridgehead atoms. The molecule has 2 rings (SSSR count). The first-order chi connectivity index (χ1) is 11.5. The summed E-state index contributed by atoms with van der Waals surface area (Å²) in [4.78, 5) is 16.4. The number of carbonyl (C=O) groups excluding carboxylic acids is 1. The summed E-state index contributed by atoms with van der Waals surface area (Å²) in [6.07, 6.45) is 2.93. The summed E-state index contributed by atoms with van der Waals surface area (Å²) in [5.41, 5.74) is 1.05. The molecule has 1 aromatic rings. The normalized spacial score (nSPS) is 15.8. The van der Waals surface area contributed by atoms with Gasteiger partial charge in [-0.2, -0.15) is 0 Å². The Hall–Kier alpha value is -1.62. The van der Waals surface area contributed by atoms with Crippen LogP contribution in [-0.2, 0) is 6.42 Å². The van der Waals surface area contributed by atoms with Gasteiger partial charge in [0.15, 0.2) is 0 Å². The number of rotatable bonds is 7. The fraction of sp³-hybridized carbons (Fsp3) is 0.632. The van der Waals surface area contributed by atoms with Gasteiger partial charge in [-0.15, -0.1) is 0 Å². The summed E-state index contributed by atoms with van der Waals surface area (Å²) in [6, 6.07) is 6.90. The number of hydrogen-bond donors (Lipinski definition) is 1. The molecule has 1 N–H and O–H groups in total. The molecule has 24 heavy (non-hydrogen) atoms. The predicted molar refractivity (Wildman–Crippen MR) is 95.6 cm³/mol. The summed E-state index contributed by atoms with van der Waals surface area (Å²) in [6.45, 7) is 9.48. The average Bonchev–Trinajstić information content (AvgIpc) is 2.55. The number of carbonyl (C=O) groups is 1. The maximum atomic E-state index is 13.1. The molecule has 0 saturated carbocycles. The van der Waals surface area contributed by atoms with Gasteiger partial charge in [-0.05, 0) is 49.4 Å². The Labute approximate surface area is 145 Å². The molecule has 134 valence electrons. The maximum absolute atomic E-state index is 13.1. The van der Waals surface area contributed by atoms with Gasteiger partial charge in [0.2, 0.25) is 0 Å². The molecule has 1 saturated heterocycles. The van der Waals surface area contributed by atoms with Crippen molar-refractivity contribution < 1.29 is 9.18 Å². The van der Waals surface area contributed by atoms with Crippen molar-refractivity contribution in [3.05, 3.63) is 35.6 Å². The highest BCUT2D eigenvalue weighted by molar-refractivity contribution is 5.74. The largest absolute Gasteiger partial charge is 0.338 e. The molecule has 0 unspecified atom stereocenters. The fourth-order valence-corrected chi connectivity index (χ4v) is 2.95. The lowest BCUT2D eigenvalue weighted by Crippen LogP contribution is -2.52. The van der Waals surface area contributed by atoms with Crippen LogP contribution in [0.15, 0.2) is 24.3 Å². The third-order valence-electron chi connectivity index (χ3n) is 4.49. The summed E-state index contributed by atoms with van der Waals surface area (Å²) >= 11 is 0. The minimum Gasteiger partial charge on any atom is -0.338 e. The van der Waals surface area contributed by atoms with Gasteiger partial charge in [0.1, 0.15) is 5.82 Å². The minimum atomic E-state index is -0.162. The van der Waals surface area contributed by atoms with Crippen LogP contribution in [0.4, 0.5) is 9.18 Å². The van der Waals surface area contributed by atoms with E-state index in [-0.39, 0.29) is 11.8 Å². The van der Waals surface area contributed by atoms with E-state index < -0.39 is 0 Å². The number of hydrogen-bond acceptors (Lipinski definition) is 2. The van der Waals surface area contributed by atoms with Crippen molar-refractivity contribution in [3.8, 4) is 0 Å². The van der Waals surface area contributed by atoms with Crippen molar-refractivity contribution in [2.45, 2.75) is 33.1 Å². The second kappa shape index (κ2) is 9.62. The van der Waals surface area contributed by atoms with E-state index in [0.717, 1.165) is 64.1 Å². The van der Waals surface area contributed by atoms with E-state index in [0.29, 0.717) is 5.92 Å². The summed E-state index contributed by atoms with van der Waals surface area (Å²) in [5, 5.41) is 3.00. The van der Waals surface area contributed by atoms with E-state index in [2.05, 4.69) is 24.1 Å². The van der Waals surface area contributed by atoms with E-state index in [4.69, 9.17) is 0 Å². The smallest absolute Gasteiger partial charge is 0.317 e. The Bertz CT molecular complexity index is 513. The summed E-state index contributed by atoms with van der Waals surface area (Å²) in [5.74, 6) is 0.449. The Morgan fingerprint density at radius 2 is 2.00 bits per heavy atom. The van der Waals surface area contributed by atoms with Gasteiger partial charge in [-0.25, -0.2) is 9.18 Å². The summed E-state index contributed by atoms with van der Waals surface area (Å²) in [7, 11) is 0. The van der Waals surface area contributed by atoms with Crippen LogP contribution in [0.25, 0.3) is 0 Å². The Morgan fingerprint density at radius 3 is 2.67 bits per heavy atom. The molecule has 0 spiro atoms. The first kappa shape index (κ1) is 18.7. The average molecular weight is 335 g/mol. The van der Waals surface area contributed by atoms with Gasteiger partial charge in [0, 0.05) is 32.7 Å². The molecular weight excluding hydrogens is 305 g/mol. The van der Waals surface area contributed by atoms with E-state index in [1.165, 1.54) is 6.07 Å². The lowest BCUT2D eigenvalue weighted by Gasteiger charge is -2.34. The second-order valence-electron chi connectivity index (χ2n) is 6.98. The Kier molecular flexibility index (Phi) is 7.50. The van der Waals surface area contributed by atoms with Crippen molar-refractivity contribution in [2.75, 3.05) is 39.3 Å². The van der Waals surface area contributed by atoms with Gasteiger partial charge in [-0.3, -0.25) is 4.90 Å². The van der Waals surface area contributed by atoms with Gasteiger partial charge in [0.25, 0.3) is 0 Å². The zero-order valence-electron chi connectivity index (χ0n) is 14.9. The maximum Gasteiger partial charge on any atom is 0.317 e. The zero-order chi connectivity index (χ0) is 17.4. The van der Waals surface area contributed by atoms with Gasteiger partial charge < -0.3 is 10.2 Å². The first-order valence-corrected chi connectivity index (χ1v) is 9.04. The zero-order valence-corrected chi connectivity index (χ0v) is 14.9. The molecule has 5 heteroatoms. The molecule has 0 aliphatic carbocycles.